The molecule has 2 unspecified atom stereocenters. The molecule has 2 atom stereocenters. The van der Waals surface area contributed by atoms with Gasteiger partial charge in [-0.2, -0.15) is 0 Å². The van der Waals surface area contributed by atoms with Gasteiger partial charge in [0.2, 0.25) is 0 Å². The van der Waals surface area contributed by atoms with Crippen LogP contribution in [0, 0.1) is 11.8 Å². The van der Waals surface area contributed by atoms with Crippen molar-refractivity contribution in [2.24, 2.45) is 11.8 Å². The molecule has 3 heteroatoms. The van der Waals surface area contributed by atoms with E-state index < -0.39 is 0 Å². The lowest BCUT2D eigenvalue weighted by Gasteiger charge is -2.14. The molecule has 0 spiro atoms. The van der Waals surface area contributed by atoms with Gasteiger partial charge >= 0.3 is 6.03 Å². The van der Waals surface area contributed by atoms with Gasteiger partial charge in [0.05, 0.1) is 0 Å². The number of rotatable bonds is 6. The van der Waals surface area contributed by atoms with Crippen molar-refractivity contribution in [2.75, 3.05) is 0 Å². The number of allylic oxidation sites excluding steroid dienone is 2. The second-order valence-electron chi connectivity index (χ2n) is 5.45. The molecule has 0 aliphatic rings. The van der Waals surface area contributed by atoms with Crippen molar-refractivity contribution in [1.82, 2.24) is 10.6 Å². The average Bonchev–Trinajstić information content (AvgIpc) is 2.23. The van der Waals surface area contributed by atoms with Gasteiger partial charge in [-0.05, 0) is 25.7 Å². The maximum Gasteiger partial charge on any atom is 0.315 e. The maximum absolute atomic E-state index is 11.7. The second kappa shape index (κ2) is 8.78. The van der Waals surface area contributed by atoms with Crippen LogP contribution in [-0.4, -0.2) is 18.1 Å². The highest BCUT2D eigenvalue weighted by Crippen LogP contribution is 1.97. The van der Waals surface area contributed by atoms with Gasteiger partial charge in [-0.1, -0.05) is 52.0 Å². The number of hydrogen-bond acceptors (Lipinski definition) is 1. The topological polar surface area (TPSA) is 41.1 Å². The quantitative estimate of drug-likeness (QED) is 0.698. The van der Waals surface area contributed by atoms with E-state index in [1.54, 1.807) is 0 Å². The van der Waals surface area contributed by atoms with E-state index in [0.717, 1.165) is 0 Å². The van der Waals surface area contributed by atoms with Crippen LogP contribution in [0.25, 0.3) is 0 Å². The van der Waals surface area contributed by atoms with Crippen molar-refractivity contribution in [3.8, 4) is 0 Å². The van der Waals surface area contributed by atoms with E-state index in [2.05, 4.69) is 50.5 Å². The minimum atomic E-state index is -0.128. The zero-order valence-corrected chi connectivity index (χ0v) is 12.5. The predicted molar refractivity (Wildman–Crippen MR) is 78.5 cm³/mol. The largest absolute Gasteiger partial charge is 0.332 e. The van der Waals surface area contributed by atoms with Crippen molar-refractivity contribution >= 4 is 6.03 Å². The van der Waals surface area contributed by atoms with E-state index >= 15 is 0 Å². The summed E-state index contributed by atoms with van der Waals surface area (Å²) in [7, 11) is 0. The Kier molecular flexibility index (Phi) is 8.17. The van der Waals surface area contributed by atoms with Gasteiger partial charge in [-0.15, -0.1) is 0 Å². The maximum atomic E-state index is 11.7. The smallest absolute Gasteiger partial charge is 0.315 e. The van der Waals surface area contributed by atoms with Crippen molar-refractivity contribution in [3.63, 3.8) is 0 Å². The molecule has 18 heavy (non-hydrogen) atoms. The minimum absolute atomic E-state index is 0.0497. The zero-order chi connectivity index (χ0) is 14.1. The minimum Gasteiger partial charge on any atom is -0.332 e. The summed E-state index contributed by atoms with van der Waals surface area (Å²) in [4.78, 5) is 11.7. The summed E-state index contributed by atoms with van der Waals surface area (Å²) < 4.78 is 0. The van der Waals surface area contributed by atoms with Crippen LogP contribution in [0.4, 0.5) is 4.79 Å². The van der Waals surface area contributed by atoms with Crippen LogP contribution in [0.15, 0.2) is 24.3 Å². The molecule has 0 saturated heterocycles. The Labute approximate surface area is 112 Å². The predicted octanol–water partition coefficient (Wildman–Crippen LogP) is 3.49. The summed E-state index contributed by atoms with van der Waals surface area (Å²) in [6.07, 6.45) is 8.21. The van der Waals surface area contributed by atoms with E-state index in [1.165, 1.54) is 0 Å². The highest BCUT2D eigenvalue weighted by molar-refractivity contribution is 5.74. The molecule has 0 heterocycles. The first kappa shape index (κ1) is 16.8. The van der Waals surface area contributed by atoms with Crippen LogP contribution in [0.3, 0.4) is 0 Å². The highest BCUT2D eigenvalue weighted by Gasteiger charge is 2.06. The number of amides is 2. The van der Waals surface area contributed by atoms with Crippen molar-refractivity contribution < 1.29 is 4.79 Å². The summed E-state index contributed by atoms with van der Waals surface area (Å²) in [6, 6.07) is -0.0285. The van der Waals surface area contributed by atoms with E-state index in [9.17, 15) is 4.79 Å². The van der Waals surface area contributed by atoms with Crippen molar-refractivity contribution in [2.45, 2.75) is 53.6 Å². The Morgan fingerprint density at radius 1 is 0.722 bits per heavy atom. The lowest BCUT2D eigenvalue weighted by Crippen LogP contribution is -2.43. The second-order valence-corrected chi connectivity index (χ2v) is 5.45. The monoisotopic (exact) mass is 252 g/mol. The molecule has 0 aromatic rings. The van der Waals surface area contributed by atoms with Gasteiger partial charge in [0.15, 0.2) is 0 Å². The lowest BCUT2D eigenvalue weighted by atomic mass is 10.1. The molecular formula is C15H28N2O. The fourth-order valence-corrected chi connectivity index (χ4v) is 1.33. The van der Waals surface area contributed by atoms with Crippen LogP contribution in [0.1, 0.15) is 41.5 Å². The molecule has 0 aromatic carbocycles. The number of carbonyl (C=O) groups excluding carboxylic acids is 1. The van der Waals surface area contributed by atoms with Crippen molar-refractivity contribution in [1.29, 1.82) is 0 Å². The third-order valence-corrected chi connectivity index (χ3v) is 2.29. The fourth-order valence-electron chi connectivity index (χ4n) is 1.33. The number of nitrogens with one attached hydrogen (secondary N) is 2. The Hall–Kier alpha value is -1.25. The Morgan fingerprint density at radius 3 is 1.33 bits per heavy atom. The van der Waals surface area contributed by atoms with E-state index in [-0.39, 0.29) is 18.1 Å². The molecule has 2 N–H and O–H groups in total. The summed E-state index contributed by atoms with van der Waals surface area (Å²) in [5.41, 5.74) is 0. The third kappa shape index (κ3) is 9.94. The van der Waals surface area contributed by atoms with Crippen LogP contribution in [0.2, 0.25) is 0 Å². The molecule has 0 bridgehead atoms. The normalized spacial score (nSPS) is 15.6. The molecule has 104 valence electrons. The Morgan fingerprint density at radius 2 is 1.06 bits per heavy atom. The molecular weight excluding hydrogens is 224 g/mol. The average molecular weight is 252 g/mol. The highest BCUT2D eigenvalue weighted by atomic mass is 16.2. The van der Waals surface area contributed by atoms with E-state index in [4.69, 9.17) is 0 Å². The Bertz CT molecular complexity index is 265. The molecule has 0 aromatic heterocycles. The first-order valence-corrected chi connectivity index (χ1v) is 6.75. The number of hydrogen-bond donors (Lipinski definition) is 2. The van der Waals surface area contributed by atoms with Gasteiger partial charge in [-0.3, -0.25) is 0 Å². The van der Waals surface area contributed by atoms with Crippen LogP contribution in [0.5, 0.6) is 0 Å². The first-order chi connectivity index (χ1) is 8.31. The van der Waals surface area contributed by atoms with Gasteiger partial charge in [0, 0.05) is 12.1 Å². The molecule has 0 radical (unpaired) electrons. The van der Waals surface area contributed by atoms with Gasteiger partial charge in [0.1, 0.15) is 0 Å². The number of urea groups is 1. The molecule has 0 aliphatic carbocycles. The van der Waals surface area contributed by atoms with E-state index in [0.29, 0.717) is 11.8 Å². The summed E-state index contributed by atoms with van der Waals surface area (Å²) >= 11 is 0. The van der Waals surface area contributed by atoms with Gasteiger partial charge in [0.25, 0.3) is 0 Å². The molecule has 2 amide bonds. The van der Waals surface area contributed by atoms with Crippen LogP contribution < -0.4 is 10.6 Å². The molecule has 0 fully saturated rings. The Balaban J connectivity index is 4.03. The first-order valence-electron chi connectivity index (χ1n) is 6.75. The summed E-state index contributed by atoms with van der Waals surface area (Å²) in [6.45, 7) is 12.4. The summed E-state index contributed by atoms with van der Waals surface area (Å²) in [5.74, 6) is 1.01. The number of carbonyl (C=O) groups is 1. The van der Waals surface area contributed by atoms with Crippen molar-refractivity contribution in [3.05, 3.63) is 24.3 Å². The molecule has 0 rings (SSSR count). The SMILES string of the molecule is CC(C)/C=C/C(C)NC(=O)NC(C)/C=C/C(C)C. The lowest BCUT2D eigenvalue weighted by molar-refractivity contribution is 0.238. The van der Waals surface area contributed by atoms with E-state index in [1.807, 2.05) is 26.0 Å². The van der Waals surface area contributed by atoms with Gasteiger partial charge < -0.3 is 10.6 Å². The third-order valence-electron chi connectivity index (χ3n) is 2.29. The van der Waals surface area contributed by atoms with Crippen LogP contribution in [-0.2, 0) is 0 Å². The molecule has 0 aliphatic heterocycles. The zero-order valence-electron chi connectivity index (χ0n) is 12.5. The summed E-state index contributed by atoms with van der Waals surface area (Å²) in [5, 5.41) is 5.77. The van der Waals surface area contributed by atoms with Gasteiger partial charge in [-0.25, -0.2) is 4.79 Å². The molecule has 3 nitrogen and oxygen atoms in total. The molecule has 0 saturated carbocycles. The standard InChI is InChI=1S/C15H28N2O/c1-11(2)7-9-13(5)16-15(18)17-14(6)10-8-12(3)4/h7-14H,1-6H3,(H2,16,17,18)/b9-7+,10-8+. The van der Waals surface area contributed by atoms with Crippen LogP contribution >= 0.6 is 0 Å². The fraction of sp³-hybridized carbons (Fsp3) is 0.667.